The fourth-order valence-corrected chi connectivity index (χ4v) is 0.901. The normalized spacial score (nSPS) is 9.83. The number of benzene rings is 1. The van der Waals surface area contributed by atoms with E-state index in [1.807, 2.05) is 24.3 Å². The molecule has 1 aromatic carbocycles. The molecule has 4 N–H and O–H groups in total. The van der Waals surface area contributed by atoms with Gasteiger partial charge in [-0.05, 0) is 24.5 Å². The molecule has 0 aliphatic rings. The second-order valence-electron chi connectivity index (χ2n) is 2.80. The molecular formula is C8H13BN2O. The zero-order valence-corrected chi connectivity index (χ0v) is 7.12. The molecule has 0 atom stereocenters. The number of nitrogens with two attached hydrogens (primary N) is 1. The molecule has 0 heterocycles. The number of rotatable bonds is 3. The summed E-state index contributed by atoms with van der Waals surface area (Å²) < 4.78 is 0. The summed E-state index contributed by atoms with van der Waals surface area (Å²) in [6.45, 7) is 2.36. The van der Waals surface area contributed by atoms with E-state index in [4.69, 9.17) is 10.8 Å². The molecule has 64 valence electrons. The predicted molar refractivity (Wildman–Crippen MR) is 51.5 cm³/mol. The van der Waals surface area contributed by atoms with E-state index >= 15 is 0 Å². The van der Waals surface area contributed by atoms with Crippen LogP contribution in [0.25, 0.3) is 0 Å². The summed E-state index contributed by atoms with van der Waals surface area (Å²) in [5.74, 6) is 0. The molecule has 0 amide bonds. The third kappa shape index (κ3) is 2.94. The largest absolute Gasteiger partial charge is 0.437 e. The first-order chi connectivity index (χ1) is 5.68. The Morgan fingerprint density at radius 3 is 2.50 bits per heavy atom. The van der Waals surface area contributed by atoms with Gasteiger partial charge in [0, 0.05) is 12.2 Å². The van der Waals surface area contributed by atoms with Crippen molar-refractivity contribution in [2.75, 3.05) is 5.73 Å². The lowest BCUT2D eigenvalue weighted by atomic mass is 9.88. The van der Waals surface area contributed by atoms with Crippen LogP contribution in [0.1, 0.15) is 5.56 Å². The molecule has 1 rings (SSSR count). The highest BCUT2D eigenvalue weighted by molar-refractivity contribution is 6.45. The summed E-state index contributed by atoms with van der Waals surface area (Å²) in [7, 11) is -0.470. The molecule has 0 fully saturated rings. The lowest BCUT2D eigenvalue weighted by molar-refractivity contribution is 0.554. The second-order valence-corrected chi connectivity index (χ2v) is 2.80. The monoisotopic (exact) mass is 164 g/mol. The van der Waals surface area contributed by atoms with Gasteiger partial charge in [-0.3, -0.25) is 0 Å². The van der Waals surface area contributed by atoms with Crippen LogP contribution in [-0.2, 0) is 6.54 Å². The van der Waals surface area contributed by atoms with Gasteiger partial charge in [-0.25, -0.2) is 0 Å². The molecule has 0 saturated carbocycles. The molecule has 3 nitrogen and oxygen atoms in total. The molecular weight excluding hydrogens is 151 g/mol. The molecule has 4 heteroatoms. The topological polar surface area (TPSA) is 58.3 Å². The van der Waals surface area contributed by atoms with E-state index in [1.165, 1.54) is 0 Å². The quantitative estimate of drug-likeness (QED) is 0.449. The van der Waals surface area contributed by atoms with Crippen LogP contribution in [0.15, 0.2) is 24.3 Å². The third-order valence-corrected chi connectivity index (χ3v) is 1.58. The van der Waals surface area contributed by atoms with E-state index in [9.17, 15) is 0 Å². The standard InChI is InChI=1S/C8H13BN2O/c1-9(12)11-6-7-2-4-8(10)5-3-7/h2-5,11-12H,6,10H2,1H3. The lowest BCUT2D eigenvalue weighted by Gasteiger charge is -2.04. The molecule has 0 spiro atoms. The van der Waals surface area contributed by atoms with Crippen LogP contribution in [0.4, 0.5) is 5.69 Å². The van der Waals surface area contributed by atoms with Crippen molar-refractivity contribution in [3.8, 4) is 0 Å². The highest BCUT2D eigenvalue weighted by Gasteiger charge is 2.00. The lowest BCUT2D eigenvalue weighted by Crippen LogP contribution is -2.29. The molecule has 0 saturated heterocycles. The molecule has 0 unspecified atom stereocenters. The maximum Gasteiger partial charge on any atom is 0.373 e. The molecule has 0 aliphatic heterocycles. The number of anilines is 1. The zero-order valence-electron chi connectivity index (χ0n) is 7.12. The average Bonchev–Trinajstić information content (AvgIpc) is 2.03. The Morgan fingerprint density at radius 2 is 2.00 bits per heavy atom. The van der Waals surface area contributed by atoms with Crippen molar-refractivity contribution in [3.63, 3.8) is 0 Å². The minimum absolute atomic E-state index is 0.470. The number of hydrogen-bond acceptors (Lipinski definition) is 3. The Morgan fingerprint density at radius 1 is 1.42 bits per heavy atom. The van der Waals surface area contributed by atoms with Crippen molar-refractivity contribution >= 4 is 12.7 Å². The van der Waals surface area contributed by atoms with Crippen molar-refractivity contribution in [1.82, 2.24) is 5.23 Å². The van der Waals surface area contributed by atoms with Gasteiger partial charge in [0.25, 0.3) is 0 Å². The molecule has 12 heavy (non-hydrogen) atoms. The number of hydrogen-bond donors (Lipinski definition) is 3. The maximum atomic E-state index is 8.93. The second kappa shape index (κ2) is 4.14. The van der Waals surface area contributed by atoms with Crippen LogP contribution in [-0.4, -0.2) is 12.1 Å². The summed E-state index contributed by atoms with van der Waals surface area (Å²) in [6.07, 6.45) is 0. The van der Waals surface area contributed by atoms with Crippen LogP contribution in [0.5, 0.6) is 0 Å². The molecule has 0 aromatic heterocycles. The fraction of sp³-hybridized carbons (Fsp3) is 0.250. The first-order valence-corrected chi connectivity index (χ1v) is 3.94. The summed E-state index contributed by atoms with van der Waals surface area (Å²) >= 11 is 0. The summed E-state index contributed by atoms with van der Waals surface area (Å²) in [5, 5.41) is 11.8. The van der Waals surface area contributed by atoms with E-state index < -0.39 is 7.05 Å². The van der Waals surface area contributed by atoms with Gasteiger partial charge >= 0.3 is 7.05 Å². The number of nitrogens with one attached hydrogen (secondary N) is 1. The van der Waals surface area contributed by atoms with E-state index in [-0.39, 0.29) is 0 Å². The van der Waals surface area contributed by atoms with Crippen LogP contribution >= 0.6 is 0 Å². The molecule has 0 bridgehead atoms. The van der Waals surface area contributed by atoms with Crippen molar-refractivity contribution in [2.45, 2.75) is 13.4 Å². The Bertz CT molecular complexity index is 235. The Labute approximate surface area is 72.7 Å². The predicted octanol–water partition coefficient (Wildman–Crippen LogP) is 0.469. The summed E-state index contributed by atoms with van der Waals surface area (Å²) in [6, 6.07) is 7.56. The maximum absolute atomic E-state index is 8.93. The Balaban J connectivity index is 2.48. The van der Waals surface area contributed by atoms with Gasteiger partial charge < -0.3 is 16.0 Å². The van der Waals surface area contributed by atoms with Gasteiger partial charge in [0.15, 0.2) is 0 Å². The Kier molecular flexibility index (Phi) is 3.14. The van der Waals surface area contributed by atoms with Crippen molar-refractivity contribution in [3.05, 3.63) is 29.8 Å². The van der Waals surface area contributed by atoms with Crippen molar-refractivity contribution in [1.29, 1.82) is 0 Å². The molecule has 1 aromatic rings. The van der Waals surface area contributed by atoms with E-state index in [0.717, 1.165) is 11.3 Å². The van der Waals surface area contributed by atoms with Crippen LogP contribution < -0.4 is 11.0 Å². The van der Waals surface area contributed by atoms with Crippen LogP contribution in [0.3, 0.4) is 0 Å². The SMILES string of the molecule is CB(O)NCc1ccc(N)cc1. The van der Waals surface area contributed by atoms with E-state index in [0.29, 0.717) is 6.54 Å². The summed E-state index contributed by atoms with van der Waals surface area (Å²) in [4.78, 5) is 0. The Hall–Kier alpha value is -0.995. The highest BCUT2D eigenvalue weighted by Crippen LogP contribution is 2.04. The van der Waals surface area contributed by atoms with E-state index in [2.05, 4.69) is 5.23 Å². The van der Waals surface area contributed by atoms with Crippen LogP contribution in [0.2, 0.25) is 6.82 Å². The highest BCUT2D eigenvalue weighted by atomic mass is 16.2. The third-order valence-electron chi connectivity index (χ3n) is 1.58. The van der Waals surface area contributed by atoms with Crippen molar-refractivity contribution in [2.24, 2.45) is 0 Å². The van der Waals surface area contributed by atoms with Gasteiger partial charge in [0.1, 0.15) is 0 Å². The first kappa shape index (κ1) is 9.10. The molecule has 0 aliphatic carbocycles. The average molecular weight is 164 g/mol. The first-order valence-electron chi connectivity index (χ1n) is 3.94. The van der Waals surface area contributed by atoms with Gasteiger partial charge in [-0.15, -0.1) is 0 Å². The van der Waals surface area contributed by atoms with Gasteiger partial charge in [0.05, 0.1) is 0 Å². The van der Waals surface area contributed by atoms with Crippen molar-refractivity contribution < 1.29 is 5.02 Å². The smallest absolute Gasteiger partial charge is 0.373 e. The minimum atomic E-state index is -0.470. The van der Waals surface area contributed by atoms with Gasteiger partial charge in [-0.2, -0.15) is 0 Å². The molecule has 0 radical (unpaired) electrons. The van der Waals surface area contributed by atoms with E-state index in [1.54, 1.807) is 6.82 Å². The fourth-order valence-electron chi connectivity index (χ4n) is 0.901. The van der Waals surface area contributed by atoms with Crippen LogP contribution in [0, 0.1) is 0 Å². The minimum Gasteiger partial charge on any atom is -0.437 e. The van der Waals surface area contributed by atoms with Gasteiger partial charge in [0.2, 0.25) is 0 Å². The summed E-state index contributed by atoms with van der Waals surface area (Å²) in [5.41, 5.74) is 7.39. The number of nitrogen functional groups attached to an aromatic ring is 1. The van der Waals surface area contributed by atoms with Gasteiger partial charge in [-0.1, -0.05) is 12.1 Å². The zero-order chi connectivity index (χ0) is 8.97.